The molecule has 43 heavy (non-hydrogen) atoms. The predicted octanol–water partition coefficient (Wildman–Crippen LogP) is 6.99. The first-order chi connectivity index (χ1) is 20.9. The molecule has 8 heteroatoms. The van der Waals surface area contributed by atoms with E-state index in [4.69, 9.17) is 21.9 Å². The van der Waals surface area contributed by atoms with Crippen LogP contribution in [0.3, 0.4) is 0 Å². The number of thiocarbonyl (C=S) groups is 1. The number of aromatic nitrogens is 2. The second-order valence-electron chi connectivity index (χ2n) is 10.6. The molecule has 0 spiro atoms. The third-order valence-corrected chi connectivity index (χ3v) is 8.27. The van der Waals surface area contributed by atoms with Gasteiger partial charge in [0.25, 0.3) is 5.91 Å². The Balaban J connectivity index is 1.33. The number of pyridine rings is 1. The number of nitrogens with one attached hydrogen (secondary N) is 2. The molecule has 3 aromatic carbocycles. The average Bonchev–Trinajstić information content (AvgIpc) is 3.48. The second kappa shape index (κ2) is 12.1. The zero-order valence-electron chi connectivity index (χ0n) is 24.3. The highest BCUT2D eigenvalue weighted by Crippen LogP contribution is 2.45. The molecular weight excluding hydrogens is 554 g/mol. The van der Waals surface area contributed by atoms with Crippen LogP contribution in [0.1, 0.15) is 40.3 Å². The highest BCUT2D eigenvalue weighted by Gasteiger charge is 2.43. The molecule has 5 aromatic rings. The van der Waals surface area contributed by atoms with Crippen LogP contribution in [0.5, 0.6) is 5.75 Å². The molecule has 2 aromatic heterocycles. The van der Waals surface area contributed by atoms with Gasteiger partial charge in [-0.15, -0.1) is 0 Å². The van der Waals surface area contributed by atoms with Gasteiger partial charge in [0.15, 0.2) is 11.7 Å². The summed E-state index contributed by atoms with van der Waals surface area (Å²) in [5.74, 6) is 0.422. The first-order valence-corrected chi connectivity index (χ1v) is 14.7. The minimum Gasteiger partial charge on any atom is -0.484 e. The van der Waals surface area contributed by atoms with Crippen molar-refractivity contribution in [3.63, 3.8) is 0 Å². The molecule has 0 saturated carbocycles. The number of hydrogen-bond donors (Lipinski definition) is 2. The molecule has 2 N–H and O–H groups in total. The Morgan fingerprint density at radius 3 is 2.21 bits per heavy atom. The number of nitrogens with zero attached hydrogens (tertiary/aromatic N) is 3. The maximum Gasteiger partial charge on any atom is 0.262 e. The normalized spacial score (nSPS) is 16.2. The van der Waals surface area contributed by atoms with E-state index in [0.717, 1.165) is 22.8 Å². The molecule has 1 saturated heterocycles. The number of benzene rings is 3. The fourth-order valence-corrected chi connectivity index (χ4v) is 6.25. The lowest BCUT2D eigenvalue weighted by Crippen LogP contribution is -2.30. The lowest BCUT2D eigenvalue weighted by molar-refractivity contribution is -0.118. The molecular formula is C35H33N5O2S. The van der Waals surface area contributed by atoms with Crippen LogP contribution in [0, 0.1) is 20.8 Å². The molecule has 1 amide bonds. The van der Waals surface area contributed by atoms with Gasteiger partial charge in [0.1, 0.15) is 5.75 Å². The standard InChI is InChI=1S/C35H33N5O2S/c1-23-24(2)39(27-12-6-4-7-13-27)25(3)32(23)34-33(30-16-10-11-21-36-30)38-35(43)40(34)28-19-17-26(18-20-28)37-31(41)22-42-29-14-8-5-9-15-29/h4-21,33-34H,22H2,1-3H3,(H,37,41)(H,38,43)/t33-,34+/m0/s1. The highest BCUT2D eigenvalue weighted by molar-refractivity contribution is 7.80. The van der Waals surface area contributed by atoms with Gasteiger partial charge in [0.05, 0.1) is 17.8 Å². The van der Waals surface area contributed by atoms with Gasteiger partial charge in [0, 0.05) is 40.2 Å². The van der Waals surface area contributed by atoms with Crippen LogP contribution < -0.4 is 20.3 Å². The topological polar surface area (TPSA) is 71.4 Å². The summed E-state index contributed by atoms with van der Waals surface area (Å²) >= 11 is 5.97. The number of carbonyl (C=O) groups is 1. The van der Waals surface area contributed by atoms with E-state index in [2.05, 4.69) is 65.1 Å². The molecule has 1 aliphatic heterocycles. The molecule has 7 nitrogen and oxygen atoms in total. The van der Waals surface area contributed by atoms with Gasteiger partial charge in [-0.25, -0.2) is 0 Å². The summed E-state index contributed by atoms with van der Waals surface area (Å²) in [5.41, 5.74) is 8.41. The van der Waals surface area contributed by atoms with E-state index in [9.17, 15) is 4.79 Å². The quantitative estimate of drug-likeness (QED) is 0.191. The Hall–Kier alpha value is -4.95. The third-order valence-electron chi connectivity index (χ3n) is 7.96. The zero-order chi connectivity index (χ0) is 29.9. The SMILES string of the molecule is Cc1c([C@@H]2[C@H](c3ccccn3)NC(=S)N2c2ccc(NC(=O)COc3ccccc3)cc2)c(C)n(-c2ccccc2)c1C. The summed E-state index contributed by atoms with van der Waals surface area (Å²) in [6.07, 6.45) is 1.82. The molecule has 1 aliphatic rings. The van der Waals surface area contributed by atoms with Gasteiger partial charge in [-0.2, -0.15) is 0 Å². The molecule has 0 radical (unpaired) electrons. The third kappa shape index (κ3) is 5.61. The Bertz CT molecular complexity index is 1740. The van der Waals surface area contributed by atoms with Crippen molar-refractivity contribution in [3.8, 4) is 11.4 Å². The molecule has 0 bridgehead atoms. The Morgan fingerprint density at radius 2 is 1.53 bits per heavy atom. The molecule has 1 fully saturated rings. The van der Waals surface area contributed by atoms with Gasteiger partial charge in [-0.05, 0) is 99.2 Å². The van der Waals surface area contributed by atoms with Crippen molar-refractivity contribution in [2.45, 2.75) is 32.9 Å². The monoisotopic (exact) mass is 587 g/mol. The van der Waals surface area contributed by atoms with Crippen molar-refractivity contribution >= 4 is 34.6 Å². The fourth-order valence-electron chi connectivity index (χ4n) is 5.90. The number of amides is 1. The Kier molecular flexibility index (Phi) is 7.94. The van der Waals surface area contributed by atoms with E-state index in [0.29, 0.717) is 16.5 Å². The van der Waals surface area contributed by atoms with Crippen molar-refractivity contribution in [2.75, 3.05) is 16.8 Å². The number of ether oxygens (including phenoxy) is 1. The Morgan fingerprint density at radius 1 is 0.860 bits per heavy atom. The summed E-state index contributed by atoms with van der Waals surface area (Å²) in [4.78, 5) is 19.4. The van der Waals surface area contributed by atoms with Crippen LogP contribution in [0.15, 0.2) is 109 Å². The summed E-state index contributed by atoms with van der Waals surface area (Å²) in [5, 5.41) is 7.11. The molecule has 2 atom stereocenters. The number of rotatable bonds is 8. The van der Waals surface area contributed by atoms with Crippen molar-refractivity contribution < 1.29 is 9.53 Å². The number of hydrogen-bond acceptors (Lipinski definition) is 4. The summed E-state index contributed by atoms with van der Waals surface area (Å²) in [6, 6.07) is 33.1. The minimum absolute atomic E-state index is 0.0734. The van der Waals surface area contributed by atoms with E-state index >= 15 is 0 Å². The summed E-state index contributed by atoms with van der Waals surface area (Å²) in [7, 11) is 0. The van der Waals surface area contributed by atoms with Crippen molar-refractivity contribution in [1.29, 1.82) is 0 Å². The lowest BCUT2D eigenvalue weighted by Gasteiger charge is -2.29. The van der Waals surface area contributed by atoms with E-state index in [1.54, 1.807) is 0 Å². The second-order valence-corrected chi connectivity index (χ2v) is 11.0. The summed E-state index contributed by atoms with van der Waals surface area (Å²) < 4.78 is 7.90. The zero-order valence-corrected chi connectivity index (χ0v) is 25.1. The van der Waals surface area contributed by atoms with Gasteiger partial charge in [-0.3, -0.25) is 9.78 Å². The fraction of sp³-hybridized carbons (Fsp3) is 0.171. The molecule has 0 unspecified atom stereocenters. The largest absolute Gasteiger partial charge is 0.484 e. The van der Waals surface area contributed by atoms with E-state index in [1.807, 2.05) is 85.1 Å². The van der Waals surface area contributed by atoms with Crippen LogP contribution >= 0.6 is 12.2 Å². The van der Waals surface area contributed by atoms with E-state index in [1.165, 1.54) is 16.8 Å². The lowest BCUT2D eigenvalue weighted by atomic mass is 9.93. The highest BCUT2D eigenvalue weighted by atomic mass is 32.1. The van der Waals surface area contributed by atoms with Gasteiger partial charge >= 0.3 is 0 Å². The van der Waals surface area contributed by atoms with Crippen LogP contribution in [-0.4, -0.2) is 27.2 Å². The number of carbonyl (C=O) groups excluding carboxylic acids is 1. The van der Waals surface area contributed by atoms with Crippen molar-refractivity contribution in [3.05, 3.63) is 138 Å². The molecule has 0 aliphatic carbocycles. The van der Waals surface area contributed by atoms with Crippen LogP contribution in [-0.2, 0) is 4.79 Å². The first-order valence-electron chi connectivity index (χ1n) is 14.2. The molecule has 6 rings (SSSR count). The maximum absolute atomic E-state index is 12.6. The van der Waals surface area contributed by atoms with E-state index in [-0.39, 0.29) is 24.6 Å². The van der Waals surface area contributed by atoms with Crippen LogP contribution in [0.4, 0.5) is 11.4 Å². The predicted molar refractivity (Wildman–Crippen MR) is 175 cm³/mol. The minimum atomic E-state index is -0.230. The first kappa shape index (κ1) is 28.2. The van der Waals surface area contributed by atoms with Gasteiger partial charge in [0.2, 0.25) is 0 Å². The van der Waals surface area contributed by atoms with Crippen LogP contribution in [0.2, 0.25) is 0 Å². The van der Waals surface area contributed by atoms with Gasteiger partial charge < -0.3 is 24.8 Å². The van der Waals surface area contributed by atoms with E-state index < -0.39 is 0 Å². The molecule has 216 valence electrons. The number of para-hydroxylation sites is 2. The van der Waals surface area contributed by atoms with Crippen LogP contribution in [0.25, 0.3) is 5.69 Å². The Labute approximate surface area is 257 Å². The van der Waals surface area contributed by atoms with Gasteiger partial charge in [-0.1, -0.05) is 42.5 Å². The average molecular weight is 588 g/mol. The van der Waals surface area contributed by atoms with Crippen molar-refractivity contribution in [2.24, 2.45) is 0 Å². The molecule has 3 heterocycles. The van der Waals surface area contributed by atoms with Crippen molar-refractivity contribution in [1.82, 2.24) is 14.9 Å². The maximum atomic E-state index is 12.6. The summed E-state index contributed by atoms with van der Waals surface area (Å²) in [6.45, 7) is 6.45. The number of anilines is 2. The smallest absolute Gasteiger partial charge is 0.262 e.